The number of benzene rings is 3. The van der Waals surface area contributed by atoms with E-state index in [9.17, 15) is 19.5 Å². The van der Waals surface area contributed by atoms with Gasteiger partial charge in [0.15, 0.2) is 5.82 Å². The molecule has 1 aromatic heterocycles. The molecule has 4 aromatic rings. The van der Waals surface area contributed by atoms with Crippen molar-refractivity contribution in [2.24, 2.45) is 11.8 Å². The van der Waals surface area contributed by atoms with E-state index in [4.69, 9.17) is 9.47 Å². The van der Waals surface area contributed by atoms with Gasteiger partial charge in [0.2, 0.25) is 5.91 Å². The maximum Gasteiger partial charge on any atom is 0.308 e. The summed E-state index contributed by atoms with van der Waals surface area (Å²) >= 11 is 0. The molecule has 292 valence electrons. The second-order valence-electron chi connectivity index (χ2n) is 15.5. The predicted octanol–water partition coefficient (Wildman–Crippen LogP) is 8.04. The second kappa shape index (κ2) is 20.0. The molecule has 0 saturated carbocycles. The van der Waals surface area contributed by atoms with Crippen LogP contribution < -0.4 is 15.4 Å². The molecule has 1 aliphatic rings. The van der Waals surface area contributed by atoms with Gasteiger partial charge < -0.3 is 25.2 Å². The zero-order valence-electron chi connectivity index (χ0n) is 32.7. The quantitative estimate of drug-likeness (QED) is 0.0870. The Kier molecular flexibility index (Phi) is 14.9. The summed E-state index contributed by atoms with van der Waals surface area (Å²) in [7, 11) is 0. The summed E-state index contributed by atoms with van der Waals surface area (Å²) in [6.45, 7) is 10.2. The molecule has 5 rings (SSSR count). The van der Waals surface area contributed by atoms with Crippen molar-refractivity contribution in [2.75, 3.05) is 26.4 Å². The number of amides is 2. The molecular formula is C45H56N4O6. The Bertz CT molecular complexity index is 1810. The fourth-order valence-electron chi connectivity index (χ4n) is 6.77. The zero-order valence-corrected chi connectivity index (χ0v) is 32.7. The normalized spacial score (nSPS) is 14.5. The van der Waals surface area contributed by atoms with Gasteiger partial charge in [0.25, 0.3) is 5.91 Å². The Morgan fingerprint density at radius 2 is 1.47 bits per heavy atom. The zero-order chi connectivity index (χ0) is 39.2. The van der Waals surface area contributed by atoms with Gasteiger partial charge in [-0.2, -0.15) is 0 Å². The van der Waals surface area contributed by atoms with Crippen LogP contribution >= 0.6 is 0 Å². The third kappa shape index (κ3) is 12.2. The fraction of sp³-hybridized carbons (Fsp3) is 0.444. The summed E-state index contributed by atoms with van der Waals surface area (Å²) in [5, 5.41) is 15.7. The first-order valence-electron chi connectivity index (χ1n) is 19.7. The molecule has 2 atom stereocenters. The number of rotatable bonds is 18. The molecule has 2 amide bonds. The van der Waals surface area contributed by atoms with Crippen molar-refractivity contribution < 1.29 is 29.0 Å². The van der Waals surface area contributed by atoms with Gasteiger partial charge in [-0.05, 0) is 71.6 Å². The highest BCUT2D eigenvalue weighted by Gasteiger charge is 2.31. The number of aromatic nitrogens is 2. The lowest BCUT2D eigenvalue weighted by Gasteiger charge is -2.28. The predicted molar refractivity (Wildman–Crippen MR) is 215 cm³/mol. The highest BCUT2D eigenvalue weighted by molar-refractivity contribution is 5.97. The highest BCUT2D eigenvalue weighted by Crippen LogP contribution is 2.26. The minimum Gasteiger partial charge on any atom is -0.494 e. The van der Waals surface area contributed by atoms with E-state index in [0.717, 1.165) is 46.6 Å². The largest absolute Gasteiger partial charge is 0.494 e. The number of carboxylic acid groups (broad SMARTS) is 1. The molecule has 10 heteroatoms. The molecule has 3 aromatic carbocycles. The van der Waals surface area contributed by atoms with E-state index in [0.29, 0.717) is 37.4 Å². The highest BCUT2D eigenvalue weighted by atomic mass is 16.5. The lowest BCUT2D eigenvalue weighted by atomic mass is 9.86. The summed E-state index contributed by atoms with van der Waals surface area (Å²) < 4.78 is 11.3. The van der Waals surface area contributed by atoms with Crippen molar-refractivity contribution in [1.82, 2.24) is 20.6 Å². The molecule has 55 heavy (non-hydrogen) atoms. The SMILES string of the molecule is CCCCCCCOc1ccc(-c2cnc(-c3ccc(CC(NC(=O)c4ccc(C(C)(C)C)cc4)C(=O)NCC(C(=O)O)C4CCOCC4)cc3)nc2)cc1. The van der Waals surface area contributed by atoms with Crippen LogP contribution in [0.1, 0.15) is 94.1 Å². The number of aliphatic carboxylic acids is 1. The van der Waals surface area contributed by atoms with Crippen molar-refractivity contribution in [1.29, 1.82) is 0 Å². The molecule has 2 heterocycles. The van der Waals surface area contributed by atoms with Crippen molar-refractivity contribution >= 4 is 17.8 Å². The second-order valence-corrected chi connectivity index (χ2v) is 15.5. The number of nitrogens with one attached hydrogen (secondary N) is 2. The van der Waals surface area contributed by atoms with Crippen LogP contribution in [0.2, 0.25) is 0 Å². The number of carbonyl (C=O) groups is 3. The van der Waals surface area contributed by atoms with Gasteiger partial charge in [-0.3, -0.25) is 14.4 Å². The summed E-state index contributed by atoms with van der Waals surface area (Å²) in [5.74, 6) is -1.21. The topological polar surface area (TPSA) is 140 Å². The minimum absolute atomic E-state index is 0.0329. The van der Waals surface area contributed by atoms with Crippen molar-refractivity contribution in [3.63, 3.8) is 0 Å². The lowest BCUT2D eigenvalue weighted by molar-refractivity contribution is -0.145. The maximum atomic E-state index is 13.7. The van der Waals surface area contributed by atoms with Gasteiger partial charge in [-0.1, -0.05) is 102 Å². The van der Waals surface area contributed by atoms with Crippen molar-refractivity contribution in [3.05, 3.63) is 102 Å². The fourth-order valence-corrected chi connectivity index (χ4v) is 6.77. The van der Waals surface area contributed by atoms with E-state index < -0.39 is 23.8 Å². The first-order valence-corrected chi connectivity index (χ1v) is 19.7. The average molecular weight is 749 g/mol. The third-order valence-corrected chi connectivity index (χ3v) is 10.3. The number of hydrogen-bond donors (Lipinski definition) is 3. The van der Waals surface area contributed by atoms with Crippen LogP contribution in [0.25, 0.3) is 22.5 Å². The van der Waals surface area contributed by atoms with E-state index in [1.807, 2.05) is 60.7 Å². The molecule has 0 spiro atoms. The molecular weight excluding hydrogens is 693 g/mol. The summed E-state index contributed by atoms with van der Waals surface area (Å²) in [5.41, 5.74) is 4.96. The van der Waals surface area contributed by atoms with E-state index in [2.05, 4.69) is 48.3 Å². The van der Waals surface area contributed by atoms with Gasteiger partial charge in [-0.25, -0.2) is 9.97 Å². The average Bonchev–Trinajstić information content (AvgIpc) is 3.19. The Labute approximate surface area is 325 Å². The van der Waals surface area contributed by atoms with E-state index in [-0.39, 0.29) is 30.2 Å². The minimum atomic E-state index is -0.955. The lowest BCUT2D eigenvalue weighted by Crippen LogP contribution is -2.50. The first kappa shape index (κ1) is 41.1. The molecule has 1 saturated heterocycles. The third-order valence-electron chi connectivity index (χ3n) is 10.3. The molecule has 3 N–H and O–H groups in total. The Hall–Kier alpha value is -5.09. The Balaban J connectivity index is 1.24. The van der Waals surface area contributed by atoms with Crippen molar-refractivity contribution in [3.8, 4) is 28.3 Å². The molecule has 0 radical (unpaired) electrons. The maximum absolute atomic E-state index is 13.7. The van der Waals surface area contributed by atoms with Crippen LogP contribution in [0, 0.1) is 11.8 Å². The van der Waals surface area contributed by atoms with E-state index in [1.165, 1.54) is 25.7 Å². The first-order chi connectivity index (χ1) is 26.5. The van der Waals surface area contributed by atoms with Crippen LogP contribution in [0.3, 0.4) is 0 Å². The van der Waals surface area contributed by atoms with Crippen LogP contribution in [0.15, 0.2) is 85.2 Å². The molecule has 0 aliphatic carbocycles. The number of carboxylic acids is 1. The summed E-state index contributed by atoms with van der Waals surface area (Å²) in [6.07, 6.45) is 11.1. The molecule has 2 unspecified atom stereocenters. The standard InChI is InChI=1S/C45H56N4O6/c1-5-6-7-8-9-24-55-38-20-16-32(17-21-38)36-28-46-41(47-29-36)34-12-10-31(11-13-34)27-40(49-42(50)35-14-18-37(19-15-35)45(2,3)4)43(51)48-30-39(44(52)53)33-22-25-54-26-23-33/h10-21,28-29,33,39-40H,5-9,22-27,30H2,1-4H3,(H,48,51)(H,49,50)(H,52,53). The number of nitrogens with zero attached hydrogens (tertiary/aromatic N) is 2. The molecule has 1 aliphatic heterocycles. The molecule has 0 bridgehead atoms. The van der Waals surface area contributed by atoms with E-state index >= 15 is 0 Å². The Morgan fingerprint density at radius 1 is 0.836 bits per heavy atom. The van der Waals surface area contributed by atoms with Gasteiger partial charge in [0.05, 0.1) is 12.5 Å². The number of hydrogen-bond acceptors (Lipinski definition) is 7. The monoisotopic (exact) mass is 748 g/mol. The van der Waals surface area contributed by atoms with Crippen LogP contribution in [-0.2, 0) is 26.2 Å². The molecule has 10 nitrogen and oxygen atoms in total. The van der Waals surface area contributed by atoms with Crippen LogP contribution in [0.4, 0.5) is 0 Å². The van der Waals surface area contributed by atoms with Gasteiger partial charge >= 0.3 is 5.97 Å². The smallest absolute Gasteiger partial charge is 0.308 e. The summed E-state index contributed by atoms with van der Waals surface area (Å²) in [6, 6.07) is 22.0. The van der Waals surface area contributed by atoms with Gasteiger partial charge in [0.1, 0.15) is 11.8 Å². The van der Waals surface area contributed by atoms with Crippen LogP contribution in [0.5, 0.6) is 5.75 Å². The summed E-state index contributed by atoms with van der Waals surface area (Å²) in [4.78, 5) is 48.5. The van der Waals surface area contributed by atoms with Gasteiger partial charge in [-0.15, -0.1) is 0 Å². The van der Waals surface area contributed by atoms with E-state index in [1.54, 1.807) is 24.5 Å². The van der Waals surface area contributed by atoms with Gasteiger partial charge in [0, 0.05) is 55.3 Å². The molecule has 1 fully saturated rings. The number of carbonyl (C=O) groups excluding carboxylic acids is 2. The number of ether oxygens (including phenoxy) is 2. The van der Waals surface area contributed by atoms with Crippen molar-refractivity contribution in [2.45, 2.75) is 90.5 Å². The van der Waals surface area contributed by atoms with Crippen LogP contribution in [-0.4, -0.2) is 65.3 Å². The number of unbranched alkanes of at least 4 members (excludes halogenated alkanes) is 4. The Morgan fingerprint density at radius 3 is 2.09 bits per heavy atom.